The van der Waals surface area contributed by atoms with Gasteiger partial charge in [0.2, 0.25) is 0 Å². The summed E-state index contributed by atoms with van der Waals surface area (Å²) in [4.78, 5) is 21.9. The highest BCUT2D eigenvalue weighted by Crippen LogP contribution is 2.34. The number of H-pyrrole nitrogens is 1. The number of nitrogens with one attached hydrogen (secondary N) is 1. The van der Waals surface area contributed by atoms with E-state index in [-0.39, 0.29) is 5.56 Å². The first kappa shape index (κ1) is 15.7. The summed E-state index contributed by atoms with van der Waals surface area (Å²) < 4.78 is 5.63. The maximum atomic E-state index is 12.3. The monoisotopic (exact) mass is 335 g/mol. The minimum absolute atomic E-state index is 0.125. The second-order valence-electron chi connectivity index (χ2n) is 6.38. The van der Waals surface area contributed by atoms with Crippen LogP contribution in [0.3, 0.4) is 0 Å². The molecule has 3 aromatic rings. The molecule has 1 aliphatic rings. The summed E-state index contributed by atoms with van der Waals surface area (Å²) in [6.07, 6.45) is 5.43. The van der Waals surface area contributed by atoms with E-state index in [0.29, 0.717) is 10.9 Å². The number of fused-ring (bicyclic) bond motifs is 1. The second-order valence-corrected chi connectivity index (χ2v) is 6.38. The van der Waals surface area contributed by atoms with Crippen molar-refractivity contribution in [2.45, 2.75) is 19.3 Å². The van der Waals surface area contributed by atoms with Crippen LogP contribution in [0.1, 0.15) is 19.3 Å². The summed E-state index contributed by atoms with van der Waals surface area (Å²) >= 11 is 0. The predicted molar refractivity (Wildman–Crippen MR) is 100 cm³/mol. The maximum Gasteiger partial charge on any atom is 0.257 e. The molecule has 0 bridgehead atoms. The van der Waals surface area contributed by atoms with Gasteiger partial charge in [0.15, 0.2) is 0 Å². The Morgan fingerprint density at radius 1 is 1.12 bits per heavy atom. The zero-order valence-electron chi connectivity index (χ0n) is 14.3. The Hall–Kier alpha value is -2.82. The van der Waals surface area contributed by atoms with E-state index in [9.17, 15) is 4.79 Å². The van der Waals surface area contributed by atoms with Gasteiger partial charge < -0.3 is 14.6 Å². The van der Waals surface area contributed by atoms with Crippen LogP contribution in [0.25, 0.3) is 22.2 Å². The molecule has 1 saturated heterocycles. The van der Waals surface area contributed by atoms with Gasteiger partial charge in [-0.15, -0.1) is 0 Å². The molecule has 5 heteroatoms. The molecule has 0 aliphatic carbocycles. The molecule has 4 rings (SSSR count). The quantitative estimate of drug-likeness (QED) is 0.795. The van der Waals surface area contributed by atoms with Crippen molar-refractivity contribution in [1.29, 1.82) is 0 Å². The number of aromatic nitrogens is 2. The fourth-order valence-corrected chi connectivity index (χ4v) is 3.48. The molecule has 1 aromatic carbocycles. The maximum absolute atomic E-state index is 12.3. The van der Waals surface area contributed by atoms with Gasteiger partial charge in [-0.25, -0.2) is 0 Å². The fraction of sp³-hybridized carbons (Fsp3) is 0.300. The van der Waals surface area contributed by atoms with Crippen molar-refractivity contribution in [2.75, 3.05) is 25.1 Å². The lowest BCUT2D eigenvalue weighted by Crippen LogP contribution is -2.29. The Balaban J connectivity index is 1.77. The predicted octanol–water partition coefficient (Wildman–Crippen LogP) is 3.59. The Morgan fingerprint density at radius 2 is 1.96 bits per heavy atom. The van der Waals surface area contributed by atoms with Gasteiger partial charge in [-0.05, 0) is 49.6 Å². The van der Waals surface area contributed by atoms with Gasteiger partial charge in [-0.1, -0.05) is 6.07 Å². The van der Waals surface area contributed by atoms with E-state index in [4.69, 9.17) is 4.74 Å². The largest absolute Gasteiger partial charge is 0.495 e. The van der Waals surface area contributed by atoms with E-state index in [1.807, 2.05) is 18.2 Å². The van der Waals surface area contributed by atoms with Crippen molar-refractivity contribution in [2.24, 2.45) is 0 Å². The van der Waals surface area contributed by atoms with Crippen LogP contribution in [-0.4, -0.2) is 30.2 Å². The molecule has 2 aromatic heterocycles. The minimum atomic E-state index is -0.125. The summed E-state index contributed by atoms with van der Waals surface area (Å²) in [5, 5.41) is 0.600. The van der Waals surface area contributed by atoms with Gasteiger partial charge in [0.25, 0.3) is 5.56 Å². The number of methoxy groups -OCH3 is 1. The number of anilines is 1. The fourth-order valence-electron chi connectivity index (χ4n) is 3.48. The molecule has 0 radical (unpaired) electrons. The molecule has 1 fully saturated rings. The minimum Gasteiger partial charge on any atom is -0.495 e. The third kappa shape index (κ3) is 2.97. The number of pyridine rings is 2. The number of benzene rings is 1. The second kappa shape index (κ2) is 6.59. The van der Waals surface area contributed by atoms with Crippen LogP contribution < -0.4 is 15.2 Å². The van der Waals surface area contributed by atoms with E-state index in [1.54, 1.807) is 25.4 Å². The van der Waals surface area contributed by atoms with Gasteiger partial charge >= 0.3 is 0 Å². The molecule has 1 N–H and O–H groups in total. The molecule has 0 saturated carbocycles. The first-order chi connectivity index (χ1) is 12.3. The molecule has 0 unspecified atom stereocenters. The number of nitrogens with zero attached hydrogens (tertiary/aromatic N) is 2. The van der Waals surface area contributed by atoms with Crippen molar-refractivity contribution in [1.82, 2.24) is 9.97 Å². The average Bonchev–Trinajstić information content (AvgIpc) is 2.68. The van der Waals surface area contributed by atoms with Gasteiger partial charge in [0, 0.05) is 24.8 Å². The van der Waals surface area contributed by atoms with Gasteiger partial charge in [-0.3, -0.25) is 9.78 Å². The summed E-state index contributed by atoms with van der Waals surface area (Å²) in [5.74, 6) is 0.835. The third-order valence-corrected chi connectivity index (χ3v) is 4.80. The lowest BCUT2D eigenvalue weighted by Gasteiger charge is -2.30. The topological polar surface area (TPSA) is 58.2 Å². The molecule has 3 heterocycles. The van der Waals surface area contributed by atoms with Gasteiger partial charge in [-0.2, -0.15) is 0 Å². The Kier molecular flexibility index (Phi) is 4.14. The number of aromatic amines is 1. The summed E-state index contributed by atoms with van der Waals surface area (Å²) in [6.45, 7) is 2.12. The standard InChI is InChI=1S/C20H21N3O2/c1-25-19-12-14(7-8-18(19)23-10-3-2-4-11-23)16-13-17-15(20(24)22-16)6-5-9-21-17/h5-9,12-13H,2-4,10-11H2,1H3,(H,22,24). The van der Waals surface area contributed by atoms with E-state index in [0.717, 1.165) is 35.8 Å². The van der Waals surface area contributed by atoms with Crippen molar-refractivity contribution in [3.05, 3.63) is 52.9 Å². The van der Waals surface area contributed by atoms with Crippen molar-refractivity contribution in [3.63, 3.8) is 0 Å². The zero-order chi connectivity index (χ0) is 17.2. The first-order valence-corrected chi connectivity index (χ1v) is 8.68. The molecule has 5 nitrogen and oxygen atoms in total. The van der Waals surface area contributed by atoms with Crippen LogP contribution in [-0.2, 0) is 0 Å². The SMILES string of the molecule is COc1cc(-c2cc3ncccc3c(=O)[nH]2)ccc1N1CCCCC1. The summed E-state index contributed by atoms with van der Waals surface area (Å²) in [5.41, 5.74) is 3.36. The number of hydrogen-bond donors (Lipinski definition) is 1. The zero-order valence-corrected chi connectivity index (χ0v) is 14.3. The van der Waals surface area contributed by atoms with E-state index < -0.39 is 0 Å². The molecular weight excluding hydrogens is 314 g/mol. The lowest BCUT2D eigenvalue weighted by atomic mass is 10.1. The van der Waals surface area contributed by atoms with Crippen LogP contribution in [0, 0.1) is 0 Å². The van der Waals surface area contributed by atoms with E-state index in [1.165, 1.54) is 19.3 Å². The van der Waals surface area contributed by atoms with Crippen LogP contribution >= 0.6 is 0 Å². The summed E-state index contributed by atoms with van der Waals surface area (Å²) in [6, 6.07) is 11.6. The first-order valence-electron chi connectivity index (χ1n) is 8.68. The Labute approximate surface area is 146 Å². The van der Waals surface area contributed by atoms with Gasteiger partial charge in [0.05, 0.1) is 29.4 Å². The van der Waals surface area contributed by atoms with Crippen LogP contribution in [0.2, 0.25) is 0 Å². The molecule has 0 atom stereocenters. The third-order valence-electron chi connectivity index (χ3n) is 4.80. The average molecular weight is 335 g/mol. The Morgan fingerprint density at radius 3 is 2.76 bits per heavy atom. The lowest BCUT2D eigenvalue weighted by molar-refractivity contribution is 0.413. The van der Waals surface area contributed by atoms with Gasteiger partial charge in [0.1, 0.15) is 5.75 Å². The normalized spacial score (nSPS) is 14.7. The number of rotatable bonds is 3. The Bertz CT molecular complexity index is 959. The highest BCUT2D eigenvalue weighted by Gasteiger charge is 2.16. The molecule has 128 valence electrons. The van der Waals surface area contributed by atoms with Crippen molar-refractivity contribution >= 4 is 16.6 Å². The molecule has 1 aliphatic heterocycles. The molecule has 25 heavy (non-hydrogen) atoms. The smallest absolute Gasteiger partial charge is 0.257 e. The van der Waals surface area contributed by atoms with Crippen LogP contribution in [0.5, 0.6) is 5.75 Å². The van der Waals surface area contributed by atoms with Crippen LogP contribution in [0.15, 0.2) is 47.4 Å². The molecule has 0 spiro atoms. The molecule has 0 amide bonds. The highest BCUT2D eigenvalue weighted by atomic mass is 16.5. The molecular formula is C20H21N3O2. The number of piperidine rings is 1. The highest BCUT2D eigenvalue weighted by molar-refractivity contribution is 5.82. The number of hydrogen-bond acceptors (Lipinski definition) is 4. The van der Waals surface area contributed by atoms with Crippen molar-refractivity contribution in [3.8, 4) is 17.0 Å². The van der Waals surface area contributed by atoms with E-state index >= 15 is 0 Å². The van der Waals surface area contributed by atoms with E-state index in [2.05, 4.69) is 20.9 Å². The van der Waals surface area contributed by atoms with Crippen molar-refractivity contribution < 1.29 is 4.74 Å². The van der Waals surface area contributed by atoms with Crippen LogP contribution in [0.4, 0.5) is 5.69 Å². The number of ether oxygens (including phenoxy) is 1. The summed E-state index contributed by atoms with van der Waals surface area (Å²) in [7, 11) is 1.69.